The largest absolute Gasteiger partial charge is 0.348 e. The third-order valence-corrected chi connectivity index (χ3v) is 3.91. The number of benzene rings is 1. The summed E-state index contributed by atoms with van der Waals surface area (Å²) >= 11 is 6.17. The highest BCUT2D eigenvalue weighted by molar-refractivity contribution is 6.21. The van der Waals surface area contributed by atoms with Crippen molar-refractivity contribution in [2.75, 3.05) is 0 Å². The minimum atomic E-state index is 0.0139. The number of rotatable bonds is 3. The molecule has 0 aliphatic heterocycles. The van der Waals surface area contributed by atoms with E-state index < -0.39 is 0 Å². The molecule has 2 unspecified atom stereocenters. The highest BCUT2D eigenvalue weighted by Crippen LogP contribution is 2.24. The zero-order valence-corrected chi connectivity index (χ0v) is 10.8. The minimum Gasteiger partial charge on any atom is -0.348 e. The summed E-state index contributed by atoms with van der Waals surface area (Å²) in [5.74, 6) is 0.0139. The lowest BCUT2D eigenvalue weighted by Gasteiger charge is -2.17. The topological polar surface area (TPSA) is 29.1 Å². The molecular formula is C14H18ClNO. The van der Waals surface area contributed by atoms with Crippen molar-refractivity contribution < 1.29 is 4.79 Å². The van der Waals surface area contributed by atoms with Gasteiger partial charge in [-0.05, 0) is 37.3 Å². The van der Waals surface area contributed by atoms with E-state index in [2.05, 4.69) is 12.2 Å². The molecule has 1 fully saturated rings. The number of alkyl halides is 1. The Morgan fingerprint density at radius 2 is 2.18 bits per heavy atom. The maximum absolute atomic E-state index is 12.2. The monoisotopic (exact) mass is 251 g/mol. The molecule has 1 N–H and O–H groups in total. The second-order valence-electron chi connectivity index (χ2n) is 4.54. The SMILES string of the molecule is CCc1ccccc1C(=O)NC1CCCC1Cl. The predicted octanol–water partition coefficient (Wildman–Crippen LogP) is 3.14. The third kappa shape index (κ3) is 2.81. The molecule has 1 aliphatic rings. The van der Waals surface area contributed by atoms with Crippen LogP contribution in [0.2, 0.25) is 0 Å². The van der Waals surface area contributed by atoms with E-state index in [9.17, 15) is 4.79 Å². The van der Waals surface area contributed by atoms with Crippen LogP contribution in [-0.2, 0) is 6.42 Å². The molecule has 0 bridgehead atoms. The summed E-state index contributed by atoms with van der Waals surface area (Å²) < 4.78 is 0. The van der Waals surface area contributed by atoms with Crippen LogP contribution in [-0.4, -0.2) is 17.3 Å². The molecule has 1 saturated carbocycles. The number of carbonyl (C=O) groups is 1. The standard InChI is InChI=1S/C14H18ClNO/c1-2-10-6-3-4-7-11(10)14(17)16-13-9-5-8-12(13)15/h3-4,6-7,12-13H,2,5,8-9H2,1H3,(H,16,17). The van der Waals surface area contributed by atoms with Gasteiger partial charge in [-0.1, -0.05) is 25.1 Å². The van der Waals surface area contributed by atoms with Crippen LogP contribution in [0, 0.1) is 0 Å². The van der Waals surface area contributed by atoms with Crippen LogP contribution in [0.4, 0.5) is 0 Å². The lowest BCUT2D eigenvalue weighted by atomic mass is 10.0. The molecule has 3 heteroatoms. The number of amides is 1. The van der Waals surface area contributed by atoms with Gasteiger partial charge in [-0.2, -0.15) is 0 Å². The first-order chi connectivity index (χ1) is 8.22. The Morgan fingerprint density at radius 3 is 2.82 bits per heavy atom. The normalized spacial score (nSPS) is 23.6. The lowest BCUT2D eigenvalue weighted by Crippen LogP contribution is -2.38. The van der Waals surface area contributed by atoms with Crippen molar-refractivity contribution in [2.45, 2.75) is 44.0 Å². The number of hydrogen-bond donors (Lipinski definition) is 1. The first-order valence-corrected chi connectivity index (χ1v) is 6.69. The fourth-order valence-corrected chi connectivity index (χ4v) is 2.72. The first kappa shape index (κ1) is 12.4. The Balaban J connectivity index is 2.09. The van der Waals surface area contributed by atoms with E-state index in [0.29, 0.717) is 0 Å². The van der Waals surface area contributed by atoms with Crippen molar-refractivity contribution in [3.63, 3.8) is 0 Å². The number of halogens is 1. The quantitative estimate of drug-likeness (QED) is 0.822. The van der Waals surface area contributed by atoms with Crippen LogP contribution in [0.15, 0.2) is 24.3 Å². The first-order valence-electron chi connectivity index (χ1n) is 6.25. The van der Waals surface area contributed by atoms with E-state index in [1.807, 2.05) is 24.3 Å². The van der Waals surface area contributed by atoms with Crippen molar-refractivity contribution in [2.24, 2.45) is 0 Å². The Kier molecular flexibility index (Phi) is 4.06. The smallest absolute Gasteiger partial charge is 0.251 e. The minimum absolute atomic E-state index is 0.0139. The summed E-state index contributed by atoms with van der Waals surface area (Å²) in [6.07, 6.45) is 3.98. The van der Waals surface area contributed by atoms with Crippen LogP contribution in [0.1, 0.15) is 42.1 Å². The molecule has 1 amide bonds. The van der Waals surface area contributed by atoms with Gasteiger partial charge in [0.25, 0.3) is 5.91 Å². The molecule has 1 aromatic carbocycles. The van der Waals surface area contributed by atoms with Crippen molar-refractivity contribution in [1.29, 1.82) is 0 Å². The maximum Gasteiger partial charge on any atom is 0.251 e. The fourth-order valence-electron chi connectivity index (χ4n) is 2.37. The molecule has 0 saturated heterocycles. The van der Waals surface area contributed by atoms with E-state index in [0.717, 1.165) is 36.8 Å². The van der Waals surface area contributed by atoms with Gasteiger partial charge in [-0.25, -0.2) is 0 Å². The third-order valence-electron chi connectivity index (χ3n) is 3.39. The van der Waals surface area contributed by atoms with E-state index in [1.165, 1.54) is 0 Å². The molecule has 2 rings (SSSR count). The molecule has 2 atom stereocenters. The van der Waals surface area contributed by atoms with Gasteiger partial charge in [0.15, 0.2) is 0 Å². The second kappa shape index (κ2) is 5.54. The van der Waals surface area contributed by atoms with Crippen LogP contribution >= 0.6 is 11.6 Å². The summed E-state index contributed by atoms with van der Waals surface area (Å²) in [5, 5.41) is 3.14. The van der Waals surface area contributed by atoms with Crippen LogP contribution < -0.4 is 5.32 Å². The molecule has 1 aromatic rings. The Morgan fingerprint density at radius 1 is 1.41 bits per heavy atom. The predicted molar refractivity (Wildman–Crippen MR) is 70.6 cm³/mol. The highest BCUT2D eigenvalue weighted by Gasteiger charge is 2.27. The summed E-state index contributed by atoms with van der Waals surface area (Å²) in [6, 6.07) is 7.89. The van der Waals surface area contributed by atoms with Gasteiger partial charge in [-0.15, -0.1) is 11.6 Å². The Bertz CT molecular complexity index is 405. The van der Waals surface area contributed by atoms with Crippen LogP contribution in [0.3, 0.4) is 0 Å². The number of aryl methyl sites for hydroxylation is 1. The summed E-state index contributed by atoms with van der Waals surface area (Å²) in [7, 11) is 0. The maximum atomic E-state index is 12.2. The Labute approximate surface area is 107 Å². The van der Waals surface area contributed by atoms with Gasteiger partial charge in [0.1, 0.15) is 0 Å². The molecule has 2 nitrogen and oxygen atoms in total. The number of nitrogens with one attached hydrogen (secondary N) is 1. The molecule has 0 spiro atoms. The second-order valence-corrected chi connectivity index (χ2v) is 5.10. The number of carbonyl (C=O) groups excluding carboxylic acids is 1. The van der Waals surface area contributed by atoms with E-state index >= 15 is 0 Å². The van der Waals surface area contributed by atoms with Gasteiger partial charge < -0.3 is 5.32 Å². The molecule has 0 heterocycles. The van der Waals surface area contributed by atoms with E-state index in [1.54, 1.807) is 0 Å². The van der Waals surface area contributed by atoms with Crippen molar-refractivity contribution in [1.82, 2.24) is 5.32 Å². The molecular weight excluding hydrogens is 234 g/mol. The fraction of sp³-hybridized carbons (Fsp3) is 0.500. The average molecular weight is 252 g/mol. The van der Waals surface area contributed by atoms with Crippen molar-refractivity contribution in [3.05, 3.63) is 35.4 Å². The van der Waals surface area contributed by atoms with Gasteiger partial charge in [0.05, 0.1) is 5.38 Å². The average Bonchev–Trinajstić information content (AvgIpc) is 2.75. The van der Waals surface area contributed by atoms with Crippen LogP contribution in [0.5, 0.6) is 0 Å². The molecule has 92 valence electrons. The van der Waals surface area contributed by atoms with Gasteiger partial charge >= 0.3 is 0 Å². The summed E-state index contributed by atoms with van der Waals surface area (Å²) in [6.45, 7) is 2.06. The summed E-state index contributed by atoms with van der Waals surface area (Å²) in [5.41, 5.74) is 1.87. The Hall–Kier alpha value is -1.02. The van der Waals surface area contributed by atoms with Crippen molar-refractivity contribution >= 4 is 17.5 Å². The zero-order valence-electron chi connectivity index (χ0n) is 10.1. The van der Waals surface area contributed by atoms with E-state index in [4.69, 9.17) is 11.6 Å². The van der Waals surface area contributed by atoms with Crippen LogP contribution in [0.25, 0.3) is 0 Å². The summed E-state index contributed by atoms with van der Waals surface area (Å²) in [4.78, 5) is 12.2. The molecule has 17 heavy (non-hydrogen) atoms. The molecule has 1 aliphatic carbocycles. The van der Waals surface area contributed by atoms with E-state index in [-0.39, 0.29) is 17.3 Å². The molecule has 0 aromatic heterocycles. The number of hydrogen-bond acceptors (Lipinski definition) is 1. The van der Waals surface area contributed by atoms with Crippen molar-refractivity contribution in [3.8, 4) is 0 Å². The van der Waals surface area contributed by atoms with Gasteiger partial charge in [0, 0.05) is 11.6 Å². The lowest BCUT2D eigenvalue weighted by molar-refractivity contribution is 0.0937. The van der Waals surface area contributed by atoms with Gasteiger partial charge in [-0.3, -0.25) is 4.79 Å². The van der Waals surface area contributed by atoms with Gasteiger partial charge in [0.2, 0.25) is 0 Å². The zero-order chi connectivity index (χ0) is 12.3. The molecule has 0 radical (unpaired) electrons. The highest BCUT2D eigenvalue weighted by atomic mass is 35.5.